The van der Waals surface area contributed by atoms with Crippen LogP contribution in [0.5, 0.6) is 0 Å². The summed E-state index contributed by atoms with van der Waals surface area (Å²) in [5, 5.41) is 0. The predicted octanol–water partition coefficient (Wildman–Crippen LogP) is 4.95. The molecule has 13 heavy (non-hydrogen) atoms. The van der Waals surface area contributed by atoms with Gasteiger partial charge >= 0.3 is 0 Å². The highest BCUT2D eigenvalue weighted by Gasteiger charge is 2.04. The van der Waals surface area contributed by atoms with Crippen molar-refractivity contribution in [2.45, 2.75) is 72.6 Å². The summed E-state index contributed by atoms with van der Waals surface area (Å²) < 4.78 is 0. The number of rotatable bonds is 8. The van der Waals surface area contributed by atoms with Crippen LogP contribution >= 0.6 is 0 Å². The first kappa shape index (κ1) is 13.0. The largest absolute Gasteiger partial charge is 0.0654 e. The summed E-state index contributed by atoms with van der Waals surface area (Å²) >= 11 is 0. The van der Waals surface area contributed by atoms with Crippen LogP contribution < -0.4 is 0 Å². The standard InChI is InChI=1S/C13H26/c1-5-8-12(3)10-7-11-13(4)9-6-2/h5-11H2,1-4H3. The molecule has 0 saturated heterocycles. The maximum Gasteiger partial charge on any atom is -0.0272 e. The lowest BCUT2D eigenvalue weighted by atomic mass is 9.94. The minimum Gasteiger partial charge on any atom is -0.0654 e. The average Bonchev–Trinajstić information content (AvgIpc) is 2.05. The Balaban J connectivity index is 3.23. The Morgan fingerprint density at radius 2 is 1.08 bits per heavy atom. The highest BCUT2D eigenvalue weighted by Crippen LogP contribution is 2.21. The molecule has 0 aromatic carbocycles. The van der Waals surface area contributed by atoms with Gasteiger partial charge in [-0.25, -0.2) is 0 Å². The smallest absolute Gasteiger partial charge is 0.0272 e. The molecule has 0 aliphatic heterocycles. The topological polar surface area (TPSA) is 0 Å². The van der Waals surface area contributed by atoms with E-state index in [1.807, 2.05) is 0 Å². The highest BCUT2D eigenvalue weighted by molar-refractivity contribution is 4.87. The quantitative estimate of drug-likeness (QED) is 0.498. The van der Waals surface area contributed by atoms with E-state index in [9.17, 15) is 0 Å². The van der Waals surface area contributed by atoms with Gasteiger partial charge < -0.3 is 0 Å². The molecule has 0 fully saturated rings. The van der Waals surface area contributed by atoms with Crippen LogP contribution in [-0.2, 0) is 0 Å². The lowest BCUT2D eigenvalue weighted by Gasteiger charge is -2.12. The Kier molecular flexibility index (Phi) is 8.59. The molecular formula is C13H26. The zero-order chi connectivity index (χ0) is 10.1. The fourth-order valence-corrected chi connectivity index (χ4v) is 1.80. The van der Waals surface area contributed by atoms with E-state index in [2.05, 4.69) is 27.7 Å². The van der Waals surface area contributed by atoms with Crippen LogP contribution in [-0.4, -0.2) is 0 Å². The van der Waals surface area contributed by atoms with Crippen LogP contribution in [0.15, 0.2) is 0 Å². The number of hydrogen-bond donors (Lipinski definition) is 0. The molecule has 0 rings (SSSR count). The van der Waals surface area contributed by atoms with Gasteiger partial charge in [-0.1, -0.05) is 47.0 Å². The van der Waals surface area contributed by atoms with Gasteiger partial charge in [-0.15, -0.1) is 0 Å². The first-order valence-corrected chi connectivity index (χ1v) is 5.83. The molecule has 0 N–H and O–H groups in total. The molecule has 0 unspecified atom stereocenters. The van der Waals surface area contributed by atoms with Crippen molar-refractivity contribution in [3.63, 3.8) is 0 Å². The van der Waals surface area contributed by atoms with Gasteiger partial charge in [0.2, 0.25) is 0 Å². The first-order chi connectivity index (χ1) is 6.20. The van der Waals surface area contributed by atoms with Crippen molar-refractivity contribution in [1.82, 2.24) is 0 Å². The predicted molar refractivity (Wildman–Crippen MR) is 61.5 cm³/mol. The Bertz CT molecular complexity index is 84.2. The van der Waals surface area contributed by atoms with Crippen molar-refractivity contribution < 1.29 is 0 Å². The second-order valence-corrected chi connectivity index (χ2v) is 4.27. The zero-order valence-electron chi connectivity index (χ0n) is 9.95. The van der Waals surface area contributed by atoms with Crippen LogP contribution in [0.1, 0.15) is 72.6 Å². The van der Waals surface area contributed by atoms with E-state index in [1.165, 1.54) is 44.9 Å². The third-order valence-electron chi connectivity index (χ3n) is 2.56. The molecule has 0 atom stereocenters. The van der Waals surface area contributed by atoms with Crippen molar-refractivity contribution in [2.75, 3.05) is 0 Å². The van der Waals surface area contributed by atoms with E-state index >= 15 is 0 Å². The lowest BCUT2D eigenvalue weighted by Crippen LogP contribution is -1.95. The van der Waals surface area contributed by atoms with Gasteiger partial charge in [0, 0.05) is 0 Å². The molecule has 0 saturated carbocycles. The van der Waals surface area contributed by atoms with E-state index < -0.39 is 0 Å². The molecule has 0 aromatic rings. The summed E-state index contributed by atoms with van der Waals surface area (Å²) in [4.78, 5) is 0. The van der Waals surface area contributed by atoms with Gasteiger partial charge in [0.05, 0.1) is 0 Å². The minimum absolute atomic E-state index is 1.31. The molecule has 0 aromatic heterocycles. The molecule has 2 radical (unpaired) electrons. The SMILES string of the molecule is CCC[C](C)CCC[C](C)CCC. The summed E-state index contributed by atoms with van der Waals surface area (Å²) in [6, 6.07) is 0. The third-order valence-corrected chi connectivity index (χ3v) is 2.56. The Morgan fingerprint density at radius 1 is 0.692 bits per heavy atom. The molecule has 78 valence electrons. The average molecular weight is 182 g/mol. The van der Waals surface area contributed by atoms with E-state index in [1.54, 1.807) is 11.8 Å². The van der Waals surface area contributed by atoms with E-state index in [0.717, 1.165) is 0 Å². The summed E-state index contributed by atoms with van der Waals surface area (Å²) in [6.07, 6.45) is 9.33. The molecule has 0 spiro atoms. The van der Waals surface area contributed by atoms with E-state index in [0.29, 0.717) is 0 Å². The molecule has 0 bridgehead atoms. The minimum atomic E-state index is 1.31. The van der Waals surface area contributed by atoms with Gasteiger partial charge in [0.25, 0.3) is 0 Å². The molecular weight excluding hydrogens is 156 g/mol. The monoisotopic (exact) mass is 182 g/mol. The fraction of sp³-hybridized carbons (Fsp3) is 0.846. The van der Waals surface area contributed by atoms with Crippen LogP contribution in [0.25, 0.3) is 0 Å². The normalized spacial score (nSPS) is 11.5. The fourth-order valence-electron chi connectivity index (χ4n) is 1.80. The highest BCUT2D eigenvalue weighted by atomic mass is 14.1. The molecule has 0 aliphatic carbocycles. The summed E-state index contributed by atoms with van der Waals surface area (Å²) in [5.74, 6) is 3.37. The summed E-state index contributed by atoms with van der Waals surface area (Å²) in [6.45, 7) is 9.13. The third kappa shape index (κ3) is 8.33. The van der Waals surface area contributed by atoms with Crippen molar-refractivity contribution in [2.24, 2.45) is 0 Å². The van der Waals surface area contributed by atoms with Crippen molar-refractivity contribution in [3.05, 3.63) is 11.8 Å². The Hall–Kier alpha value is 0. The maximum atomic E-state index is 2.30. The first-order valence-electron chi connectivity index (χ1n) is 5.83. The van der Waals surface area contributed by atoms with E-state index in [4.69, 9.17) is 0 Å². The summed E-state index contributed by atoms with van der Waals surface area (Å²) in [5.41, 5.74) is 0. The van der Waals surface area contributed by atoms with Gasteiger partial charge in [-0.3, -0.25) is 0 Å². The van der Waals surface area contributed by atoms with Gasteiger partial charge in [0.1, 0.15) is 0 Å². The van der Waals surface area contributed by atoms with Crippen LogP contribution in [0.4, 0.5) is 0 Å². The Morgan fingerprint density at radius 3 is 1.38 bits per heavy atom. The maximum absolute atomic E-state index is 2.30. The molecule has 0 amide bonds. The van der Waals surface area contributed by atoms with E-state index in [-0.39, 0.29) is 0 Å². The van der Waals surface area contributed by atoms with Crippen molar-refractivity contribution in [3.8, 4) is 0 Å². The summed E-state index contributed by atoms with van der Waals surface area (Å²) in [7, 11) is 0. The van der Waals surface area contributed by atoms with Gasteiger partial charge in [-0.2, -0.15) is 0 Å². The van der Waals surface area contributed by atoms with Crippen molar-refractivity contribution >= 4 is 0 Å². The molecule has 0 aliphatic rings. The second kappa shape index (κ2) is 8.59. The molecule has 0 heterocycles. The van der Waals surface area contributed by atoms with Gasteiger partial charge in [-0.05, 0) is 37.5 Å². The van der Waals surface area contributed by atoms with Crippen LogP contribution in [0.3, 0.4) is 0 Å². The number of hydrogen-bond acceptors (Lipinski definition) is 0. The Labute approximate surface area is 85.1 Å². The molecule has 0 nitrogen and oxygen atoms in total. The second-order valence-electron chi connectivity index (χ2n) is 4.27. The molecule has 0 heteroatoms. The van der Waals surface area contributed by atoms with Crippen LogP contribution in [0.2, 0.25) is 0 Å². The zero-order valence-corrected chi connectivity index (χ0v) is 9.95. The lowest BCUT2D eigenvalue weighted by molar-refractivity contribution is 0.621. The van der Waals surface area contributed by atoms with Gasteiger partial charge in [0.15, 0.2) is 0 Å². The van der Waals surface area contributed by atoms with Crippen LogP contribution in [0, 0.1) is 11.8 Å². The van der Waals surface area contributed by atoms with Crippen molar-refractivity contribution in [1.29, 1.82) is 0 Å².